The molecule has 0 unspecified atom stereocenters. The molecule has 0 atom stereocenters. The van der Waals surface area contributed by atoms with Gasteiger partial charge in [-0.15, -0.1) is 0 Å². The minimum Gasteiger partial charge on any atom is -0.486 e. The number of esters is 1. The smallest absolute Gasteiger partial charge is 0.348 e. The number of carbonyl (C=O) groups is 1. The number of ether oxygens (including phenoxy) is 3. The van der Waals surface area contributed by atoms with Crippen LogP contribution >= 0.6 is 11.6 Å². The van der Waals surface area contributed by atoms with E-state index in [1.165, 1.54) is 13.2 Å². The first-order chi connectivity index (χ1) is 9.15. The number of benzene rings is 1. The summed E-state index contributed by atoms with van der Waals surface area (Å²) in [6.07, 6.45) is 1.38. The van der Waals surface area contributed by atoms with E-state index in [1.807, 2.05) is 0 Å². The molecule has 0 fully saturated rings. The van der Waals surface area contributed by atoms with Crippen molar-refractivity contribution in [2.45, 2.75) is 0 Å². The van der Waals surface area contributed by atoms with Gasteiger partial charge in [-0.05, 0) is 23.8 Å². The largest absolute Gasteiger partial charge is 0.486 e. The molecule has 0 radical (unpaired) electrons. The molecule has 0 bridgehead atoms. The Labute approximate surface area is 114 Å². The lowest BCUT2D eigenvalue weighted by molar-refractivity contribution is -0.135. The number of rotatable bonds is 2. The lowest BCUT2D eigenvalue weighted by Gasteiger charge is -2.19. The van der Waals surface area contributed by atoms with E-state index in [1.54, 1.807) is 18.2 Å². The first-order valence-electron chi connectivity index (χ1n) is 5.45. The number of fused-ring (bicyclic) bond motifs is 1. The van der Waals surface area contributed by atoms with E-state index in [9.17, 15) is 4.79 Å². The summed E-state index contributed by atoms with van der Waals surface area (Å²) >= 11 is 6.05. The van der Waals surface area contributed by atoms with Crippen molar-refractivity contribution in [2.75, 3.05) is 20.3 Å². The van der Waals surface area contributed by atoms with Gasteiger partial charge < -0.3 is 14.2 Å². The van der Waals surface area contributed by atoms with Crippen molar-refractivity contribution in [1.82, 2.24) is 0 Å². The predicted molar refractivity (Wildman–Crippen MR) is 68.0 cm³/mol. The fourth-order valence-electron chi connectivity index (χ4n) is 1.63. The number of methoxy groups -OCH3 is 1. The quantitative estimate of drug-likeness (QED) is 0.471. The number of halogens is 1. The molecule has 98 valence electrons. The number of hydrogen-bond donors (Lipinski definition) is 0. The molecule has 1 aromatic carbocycles. The van der Waals surface area contributed by atoms with E-state index in [-0.39, 0.29) is 5.57 Å². The van der Waals surface area contributed by atoms with Crippen LogP contribution in [0.3, 0.4) is 0 Å². The second-order valence-electron chi connectivity index (χ2n) is 3.69. The third-order valence-electron chi connectivity index (χ3n) is 2.46. The molecular weight excluding hydrogens is 270 g/mol. The van der Waals surface area contributed by atoms with Gasteiger partial charge >= 0.3 is 5.97 Å². The molecule has 0 saturated heterocycles. The van der Waals surface area contributed by atoms with Gasteiger partial charge in [0.05, 0.1) is 12.1 Å². The highest BCUT2D eigenvalue weighted by Crippen LogP contribution is 2.38. The van der Waals surface area contributed by atoms with Crippen molar-refractivity contribution in [3.63, 3.8) is 0 Å². The Hall–Kier alpha value is -2.19. The maximum Gasteiger partial charge on any atom is 0.348 e. The van der Waals surface area contributed by atoms with Gasteiger partial charge in [-0.1, -0.05) is 11.6 Å². The fraction of sp³-hybridized carbons (Fsp3) is 0.231. The van der Waals surface area contributed by atoms with Crippen molar-refractivity contribution in [3.05, 3.63) is 28.3 Å². The summed E-state index contributed by atoms with van der Waals surface area (Å²) in [4.78, 5) is 11.3. The molecule has 5 nitrogen and oxygen atoms in total. The fourth-order valence-corrected chi connectivity index (χ4v) is 1.90. The van der Waals surface area contributed by atoms with Gasteiger partial charge in [0.1, 0.15) is 24.9 Å². The maximum atomic E-state index is 11.3. The Balaban J connectivity index is 2.41. The first kappa shape index (κ1) is 13.2. The molecule has 1 aromatic rings. The standard InChI is InChI=1S/C13H10ClNO4/c1-17-13(16)9(7-15)4-8-5-10(14)12-11(6-8)18-2-3-19-12/h4-6H,2-3H2,1H3/b9-4+. The summed E-state index contributed by atoms with van der Waals surface area (Å²) in [6.45, 7) is 0.867. The average molecular weight is 280 g/mol. The van der Waals surface area contributed by atoms with Crippen LogP contribution in [0.2, 0.25) is 5.02 Å². The summed E-state index contributed by atoms with van der Waals surface area (Å²) in [5.41, 5.74) is 0.450. The normalized spacial score (nSPS) is 13.6. The molecule has 1 aliphatic rings. The summed E-state index contributed by atoms with van der Waals surface area (Å²) < 4.78 is 15.3. The number of nitriles is 1. The first-order valence-corrected chi connectivity index (χ1v) is 5.82. The van der Waals surface area contributed by atoms with Gasteiger partial charge in [0.25, 0.3) is 0 Å². The van der Waals surface area contributed by atoms with Gasteiger partial charge in [-0.25, -0.2) is 4.79 Å². The topological polar surface area (TPSA) is 68.6 Å². The summed E-state index contributed by atoms with van der Waals surface area (Å²) in [6, 6.07) is 5.02. The van der Waals surface area contributed by atoms with E-state index in [0.717, 1.165) is 0 Å². The van der Waals surface area contributed by atoms with Crippen LogP contribution in [0.25, 0.3) is 6.08 Å². The average Bonchev–Trinajstić information content (AvgIpc) is 2.44. The van der Waals surface area contributed by atoms with Crippen molar-refractivity contribution in [2.24, 2.45) is 0 Å². The molecule has 0 N–H and O–H groups in total. The minimum atomic E-state index is -0.700. The van der Waals surface area contributed by atoms with Crippen LogP contribution in [0.4, 0.5) is 0 Å². The van der Waals surface area contributed by atoms with Crippen LogP contribution in [-0.4, -0.2) is 26.3 Å². The van der Waals surface area contributed by atoms with E-state index in [4.69, 9.17) is 26.3 Å². The lowest BCUT2D eigenvalue weighted by Crippen LogP contribution is -2.15. The molecule has 0 spiro atoms. The van der Waals surface area contributed by atoms with Crippen LogP contribution in [0, 0.1) is 11.3 Å². The Morgan fingerprint density at radius 1 is 1.47 bits per heavy atom. The zero-order valence-corrected chi connectivity index (χ0v) is 10.9. The minimum absolute atomic E-state index is 0.116. The molecule has 0 saturated carbocycles. The maximum absolute atomic E-state index is 11.3. The van der Waals surface area contributed by atoms with Crippen LogP contribution in [0.5, 0.6) is 11.5 Å². The Morgan fingerprint density at radius 2 is 2.21 bits per heavy atom. The Morgan fingerprint density at radius 3 is 2.89 bits per heavy atom. The highest BCUT2D eigenvalue weighted by Gasteiger charge is 2.17. The van der Waals surface area contributed by atoms with E-state index in [0.29, 0.717) is 35.3 Å². The monoisotopic (exact) mass is 279 g/mol. The molecule has 1 aliphatic heterocycles. The SMILES string of the molecule is COC(=O)/C(C#N)=C/c1cc(Cl)c2c(c1)OCCO2. The van der Waals surface area contributed by atoms with E-state index in [2.05, 4.69) is 4.74 Å². The molecule has 1 heterocycles. The molecule has 0 aliphatic carbocycles. The van der Waals surface area contributed by atoms with Crippen LogP contribution in [0.1, 0.15) is 5.56 Å². The lowest BCUT2D eigenvalue weighted by atomic mass is 10.1. The second kappa shape index (κ2) is 5.63. The molecule has 19 heavy (non-hydrogen) atoms. The van der Waals surface area contributed by atoms with Crippen LogP contribution in [-0.2, 0) is 9.53 Å². The van der Waals surface area contributed by atoms with Gasteiger partial charge in [0.15, 0.2) is 11.5 Å². The third-order valence-corrected chi connectivity index (χ3v) is 2.74. The predicted octanol–water partition coefficient (Wildman–Crippen LogP) is 2.19. The van der Waals surface area contributed by atoms with Crippen molar-refractivity contribution in [3.8, 4) is 17.6 Å². The van der Waals surface area contributed by atoms with Crippen LogP contribution in [0.15, 0.2) is 17.7 Å². The molecule has 0 aromatic heterocycles. The van der Waals surface area contributed by atoms with Crippen molar-refractivity contribution in [1.29, 1.82) is 5.26 Å². The summed E-state index contributed by atoms with van der Waals surface area (Å²) in [5, 5.41) is 9.25. The zero-order valence-electron chi connectivity index (χ0n) is 10.1. The van der Waals surface area contributed by atoms with Crippen LogP contribution < -0.4 is 9.47 Å². The van der Waals surface area contributed by atoms with Crippen molar-refractivity contribution >= 4 is 23.6 Å². The zero-order chi connectivity index (χ0) is 13.8. The van der Waals surface area contributed by atoms with E-state index < -0.39 is 5.97 Å². The van der Waals surface area contributed by atoms with Gasteiger partial charge in [-0.2, -0.15) is 5.26 Å². The van der Waals surface area contributed by atoms with Gasteiger partial charge in [0, 0.05) is 0 Å². The Kier molecular flexibility index (Phi) is 3.93. The summed E-state index contributed by atoms with van der Waals surface area (Å²) in [5.74, 6) is 0.266. The third kappa shape index (κ3) is 2.80. The van der Waals surface area contributed by atoms with Gasteiger partial charge in [-0.3, -0.25) is 0 Å². The molecular formula is C13H10ClNO4. The van der Waals surface area contributed by atoms with Crippen molar-refractivity contribution < 1.29 is 19.0 Å². The highest BCUT2D eigenvalue weighted by atomic mass is 35.5. The second-order valence-corrected chi connectivity index (χ2v) is 4.10. The number of hydrogen-bond acceptors (Lipinski definition) is 5. The number of carbonyl (C=O) groups excluding carboxylic acids is 1. The molecule has 2 rings (SSSR count). The number of nitrogens with zero attached hydrogens (tertiary/aromatic N) is 1. The molecule has 6 heteroatoms. The van der Waals surface area contributed by atoms with Gasteiger partial charge in [0.2, 0.25) is 0 Å². The molecule has 0 amide bonds. The summed E-state index contributed by atoms with van der Waals surface area (Å²) in [7, 11) is 1.21. The highest BCUT2D eigenvalue weighted by molar-refractivity contribution is 6.32. The Bertz CT molecular complexity index is 589. The van der Waals surface area contributed by atoms with E-state index >= 15 is 0 Å².